The lowest BCUT2D eigenvalue weighted by Gasteiger charge is -2.05. The minimum absolute atomic E-state index is 0.0873. The highest BCUT2D eigenvalue weighted by Gasteiger charge is 2.09. The van der Waals surface area contributed by atoms with Crippen molar-refractivity contribution in [3.05, 3.63) is 24.3 Å². The minimum atomic E-state index is -2.50. The molecule has 0 aliphatic rings. The molecule has 2 N–H and O–H groups in total. The fraction of sp³-hybridized carbons (Fsp3) is 0. The topological polar surface area (TPSA) is 93.1 Å². The maximum Gasteiger partial charge on any atom is 0.357 e. The second-order valence-corrected chi connectivity index (χ2v) is 3.25. The van der Waals surface area contributed by atoms with Gasteiger partial charge in [-0.25, -0.2) is 0 Å². The van der Waals surface area contributed by atoms with E-state index in [-0.39, 0.29) is 11.5 Å². The van der Waals surface area contributed by atoms with Crippen LogP contribution < -0.4 is 8.37 Å². The van der Waals surface area contributed by atoms with Crippen LogP contribution in [0, 0.1) is 0 Å². The molecule has 0 bridgehead atoms. The summed E-state index contributed by atoms with van der Waals surface area (Å²) in [6.45, 7) is 0. The molecule has 1 rings (SSSR count). The average molecular weight is 238 g/mol. The van der Waals surface area contributed by atoms with Crippen molar-refractivity contribution < 1.29 is 25.9 Å². The van der Waals surface area contributed by atoms with E-state index in [2.05, 4.69) is 8.37 Å². The third-order valence-corrected chi connectivity index (χ3v) is 1.82. The summed E-state index contributed by atoms with van der Waals surface area (Å²) < 4.78 is 46.3. The van der Waals surface area contributed by atoms with E-state index in [1.165, 1.54) is 24.3 Å². The summed E-state index contributed by atoms with van der Waals surface area (Å²) >= 11 is -5.00. The summed E-state index contributed by atoms with van der Waals surface area (Å²) in [4.78, 5) is 0. The lowest BCUT2D eigenvalue weighted by atomic mass is 10.3. The highest BCUT2D eigenvalue weighted by Crippen LogP contribution is 2.27. The maximum absolute atomic E-state index is 10.3. The van der Waals surface area contributed by atoms with Crippen LogP contribution in [0.15, 0.2) is 24.3 Å². The Labute approximate surface area is 84.8 Å². The minimum Gasteiger partial charge on any atom is -0.376 e. The molecule has 0 aliphatic heterocycles. The first kappa shape index (κ1) is 11.1. The number of hydrogen-bond acceptors (Lipinski definition) is 4. The zero-order valence-corrected chi connectivity index (χ0v) is 8.29. The van der Waals surface area contributed by atoms with Crippen LogP contribution in [0.25, 0.3) is 0 Å². The first-order valence-corrected chi connectivity index (χ1v) is 5.33. The fourth-order valence-electron chi connectivity index (χ4n) is 0.741. The largest absolute Gasteiger partial charge is 0.376 e. The highest BCUT2D eigenvalue weighted by atomic mass is 32.2. The molecule has 2 atom stereocenters. The summed E-state index contributed by atoms with van der Waals surface area (Å²) in [6.07, 6.45) is 0. The van der Waals surface area contributed by atoms with E-state index in [9.17, 15) is 8.42 Å². The second kappa shape index (κ2) is 5.05. The summed E-state index contributed by atoms with van der Waals surface area (Å²) in [5.41, 5.74) is 0. The molecule has 0 aromatic heterocycles. The van der Waals surface area contributed by atoms with E-state index in [0.717, 1.165) is 0 Å². The van der Waals surface area contributed by atoms with Gasteiger partial charge in [0.25, 0.3) is 0 Å². The van der Waals surface area contributed by atoms with Crippen LogP contribution in [0.1, 0.15) is 0 Å². The van der Waals surface area contributed by atoms with Gasteiger partial charge >= 0.3 is 22.7 Å². The van der Waals surface area contributed by atoms with Gasteiger partial charge in [-0.15, -0.1) is 0 Å². The van der Waals surface area contributed by atoms with Crippen LogP contribution in [0.2, 0.25) is 0 Å². The predicted octanol–water partition coefficient (Wildman–Crippen LogP) is 0.718. The number of rotatable bonds is 4. The molecule has 2 unspecified atom stereocenters. The van der Waals surface area contributed by atoms with Crippen molar-refractivity contribution in [2.75, 3.05) is 0 Å². The van der Waals surface area contributed by atoms with Crippen molar-refractivity contribution in [2.45, 2.75) is 0 Å². The zero-order valence-electron chi connectivity index (χ0n) is 6.65. The molecular weight excluding hydrogens is 232 g/mol. The molecule has 0 heterocycles. The van der Waals surface area contributed by atoms with Crippen LogP contribution in [0.5, 0.6) is 11.5 Å². The summed E-state index contributed by atoms with van der Waals surface area (Å²) in [6, 6.07) is 5.71. The molecule has 78 valence electrons. The van der Waals surface area contributed by atoms with Gasteiger partial charge < -0.3 is 8.37 Å². The van der Waals surface area contributed by atoms with E-state index in [4.69, 9.17) is 9.11 Å². The van der Waals surface area contributed by atoms with E-state index in [0.29, 0.717) is 0 Å². The molecule has 6 nitrogen and oxygen atoms in total. The average Bonchev–Trinajstić information content (AvgIpc) is 2.06. The zero-order chi connectivity index (χ0) is 10.6. The Bertz CT molecular complexity index is 330. The fourth-order valence-corrected chi connectivity index (χ4v) is 1.32. The Hall–Kier alpha value is -0.960. The third kappa shape index (κ3) is 3.42. The van der Waals surface area contributed by atoms with Gasteiger partial charge in [0.05, 0.1) is 0 Å². The van der Waals surface area contributed by atoms with Crippen molar-refractivity contribution in [3.63, 3.8) is 0 Å². The molecule has 14 heavy (non-hydrogen) atoms. The quantitative estimate of drug-likeness (QED) is 0.751. The Balaban J connectivity index is 2.90. The molecule has 0 amide bonds. The van der Waals surface area contributed by atoms with Gasteiger partial charge in [0, 0.05) is 0 Å². The standard InChI is InChI=1S/C6H6O6S2/c7-13(8)11-5-3-1-2-4-6(5)12-14(9)10/h1-4H,(H,7,8)(H,9,10). The van der Waals surface area contributed by atoms with Crippen LogP contribution in [-0.4, -0.2) is 17.5 Å². The molecule has 0 aliphatic carbocycles. The number of benzene rings is 1. The molecular formula is C6H6O6S2. The molecule has 0 fully saturated rings. The van der Waals surface area contributed by atoms with Crippen LogP contribution in [-0.2, 0) is 22.7 Å². The Morgan fingerprint density at radius 1 is 0.929 bits per heavy atom. The summed E-state index contributed by atoms with van der Waals surface area (Å²) in [7, 11) is 0. The van der Waals surface area contributed by atoms with Crippen molar-refractivity contribution in [3.8, 4) is 11.5 Å². The smallest absolute Gasteiger partial charge is 0.357 e. The molecule has 0 saturated carbocycles. The summed E-state index contributed by atoms with van der Waals surface area (Å²) in [5, 5.41) is 0. The molecule has 0 spiro atoms. The molecule has 0 saturated heterocycles. The molecule has 1 aromatic rings. The molecule has 8 heteroatoms. The number of para-hydroxylation sites is 2. The highest BCUT2D eigenvalue weighted by molar-refractivity contribution is 7.74. The van der Waals surface area contributed by atoms with Crippen molar-refractivity contribution in [1.82, 2.24) is 0 Å². The van der Waals surface area contributed by atoms with Gasteiger partial charge in [0.2, 0.25) is 0 Å². The third-order valence-electron chi connectivity index (χ3n) is 1.17. The Morgan fingerprint density at radius 2 is 1.29 bits per heavy atom. The maximum atomic E-state index is 10.3. The predicted molar refractivity (Wildman–Crippen MR) is 49.2 cm³/mol. The van der Waals surface area contributed by atoms with Crippen LogP contribution >= 0.6 is 0 Å². The monoisotopic (exact) mass is 238 g/mol. The van der Waals surface area contributed by atoms with E-state index in [1.807, 2.05) is 0 Å². The van der Waals surface area contributed by atoms with Gasteiger partial charge in [0.15, 0.2) is 11.5 Å². The van der Waals surface area contributed by atoms with Crippen molar-refractivity contribution in [2.24, 2.45) is 0 Å². The molecule has 1 aromatic carbocycles. The van der Waals surface area contributed by atoms with E-state index in [1.54, 1.807) is 0 Å². The van der Waals surface area contributed by atoms with E-state index < -0.39 is 22.7 Å². The van der Waals surface area contributed by atoms with Crippen LogP contribution in [0.4, 0.5) is 0 Å². The SMILES string of the molecule is O=S(O)Oc1ccccc1OS(=O)O. The first-order valence-electron chi connectivity index (χ1n) is 3.27. The van der Waals surface area contributed by atoms with Crippen molar-refractivity contribution in [1.29, 1.82) is 0 Å². The van der Waals surface area contributed by atoms with Gasteiger partial charge in [-0.05, 0) is 12.1 Å². The van der Waals surface area contributed by atoms with Gasteiger partial charge in [-0.2, -0.15) is 8.42 Å². The molecule has 0 radical (unpaired) electrons. The number of hydrogen-bond donors (Lipinski definition) is 2. The Kier molecular flexibility index (Phi) is 4.01. The van der Waals surface area contributed by atoms with Crippen molar-refractivity contribution >= 4 is 22.7 Å². The Morgan fingerprint density at radius 3 is 1.57 bits per heavy atom. The second-order valence-electron chi connectivity index (χ2n) is 2.05. The van der Waals surface area contributed by atoms with E-state index >= 15 is 0 Å². The lowest BCUT2D eigenvalue weighted by molar-refractivity contribution is 0.425. The normalized spacial score (nSPS) is 14.4. The van der Waals surface area contributed by atoms with Gasteiger partial charge in [-0.1, -0.05) is 12.1 Å². The summed E-state index contributed by atoms with van der Waals surface area (Å²) in [5.74, 6) is -0.175. The first-order chi connectivity index (χ1) is 6.59. The van der Waals surface area contributed by atoms with Gasteiger partial charge in [-0.3, -0.25) is 9.11 Å². The lowest BCUT2D eigenvalue weighted by Crippen LogP contribution is -2.02. The van der Waals surface area contributed by atoms with Crippen LogP contribution in [0.3, 0.4) is 0 Å². The van der Waals surface area contributed by atoms with Gasteiger partial charge in [0.1, 0.15) is 0 Å².